The Labute approximate surface area is 170 Å². The Balaban J connectivity index is 1.56. The molecule has 1 aliphatic rings. The summed E-state index contributed by atoms with van der Waals surface area (Å²) < 4.78 is 5.38. The molecule has 0 aliphatic carbocycles. The number of nitrogens with zero attached hydrogens (tertiary/aromatic N) is 1. The molecular formula is C23H26N2O4. The number of ether oxygens (including phenoxy) is 1. The van der Waals surface area contributed by atoms with Crippen molar-refractivity contribution in [2.75, 3.05) is 6.54 Å². The molecule has 1 saturated heterocycles. The highest BCUT2D eigenvalue weighted by molar-refractivity contribution is 5.91. The first-order valence-corrected chi connectivity index (χ1v) is 9.80. The zero-order chi connectivity index (χ0) is 20.8. The average molecular weight is 394 g/mol. The summed E-state index contributed by atoms with van der Waals surface area (Å²) >= 11 is 0. The third kappa shape index (κ3) is 5.22. The maximum Gasteiger partial charge on any atom is 0.329 e. The lowest BCUT2D eigenvalue weighted by atomic mass is 9.94. The van der Waals surface area contributed by atoms with E-state index in [0.717, 1.165) is 11.1 Å². The SMILES string of the molecule is CC(C)[C@H](NC(=O)CN1C(=O)CC1c1ccccc1)C(=O)OCc1ccccc1. The van der Waals surface area contributed by atoms with E-state index < -0.39 is 12.0 Å². The number of nitrogens with one attached hydrogen (secondary N) is 1. The molecule has 152 valence electrons. The molecule has 0 saturated carbocycles. The van der Waals surface area contributed by atoms with Gasteiger partial charge in [-0.3, -0.25) is 9.59 Å². The van der Waals surface area contributed by atoms with Gasteiger partial charge >= 0.3 is 5.97 Å². The Hall–Kier alpha value is -3.15. The normalized spacial score (nSPS) is 16.9. The molecule has 6 heteroatoms. The predicted molar refractivity (Wildman–Crippen MR) is 109 cm³/mol. The number of β-lactam (4-membered cyclic amide) rings is 1. The number of benzene rings is 2. The van der Waals surface area contributed by atoms with Crippen LogP contribution in [-0.4, -0.2) is 35.3 Å². The van der Waals surface area contributed by atoms with Crippen molar-refractivity contribution in [3.05, 3.63) is 71.8 Å². The number of hydrogen-bond acceptors (Lipinski definition) is 4. The molecule has 0 bridgehead atoms. The van der Waals surface area contributed by atoms with E-state index in [2.05, 4.69) is 5.32 Å². The summed E-state index contributed by atoms with van der Waals surface area (Å²) in [5.74, 6) is -1.05. The molecule has 1 N–H and O–H groups in total. The molecule has 3 rings (SSSR count). The Morgan fingerprint density at radius 1 is 1.07 bits per heavy atom. The molecule has 0 aromatic heterocycles. The van der Waals surface area contributed by atoms with Gasteiger partial charge in [0.25, 0.3) is 0 Å². The molecular weight excluding hydrogens is 368 g/mol. The largest absolute Gasteiger partial charge is 0.459 e. The maximum absolute atomic E-state index is 12.5. The van der Waals surface area contributed by atoms with Crippen LogP contribution in [0.25, 0.3) is 0 Å². The summed E-state index contributed by atoms with van der Waals surface area (Å²) in [7, 11) is 0. The Bertz CT molecular complexity index is 852. The van der Waals surface area contributed by atoms with Crippen LogP contribution in [0.2, 0.25) is 0 Å². The molecule has 1 aliphatic heterocycles. The lowest BCUT2D eigenvalue weighted by Gasteiger charge is -2.40. The van der Waals surface area contributed by atoms with Gasteiger partial charge in [0.1, 0.15) is 19.2 Å². The molecule has 0 spiro atoms. The minimum absolute atomic E-state index is 0.0678. The molecule has 2 atom stereocenters. The Morgan fingerprint density at radius 3 is 2.28 bits per heavy atom. The number of carbonyl (C=O) groups is 3. The van der Waals surface area contributed by atoms with E-state index in [1.165, 1.54) is 4.90 Å². The number of hydrogen-bond donors (Lipinski definition) is 1. The van der Waals surface area contributed by atoms with Crippen molar-refractivity contribution in [2.45, 2.75) is 39.0 Å². The summed E-state index contributed by atoms with van der Waals surface area (Å²) in [4.78, 5) is 38.6. The van der Waals surface area contributed by atoms with Crippen LogP contribution in [-0.2, 0) is 25.7 Å². The van der Waals surface area contributed by atoms with E-state index in [-0.39, 0.29) is 36.9 Å². The van der Waals surface area contributed by atoms with Gasteiger partial charge in [0, 0.05) is 0 Å². The fourth-order valence-electron chi connectivity index (χ4n) is 3.32. The van der Waals surface area contributed by atoms with Crippen LogP contribution in [0, 0.1) is 5.92 Å². The molecule has 2 aromatic rings. The molecule has 1 heterocycles. The van der Waals surface area contributed by atoms with Gasteiger partial charge in [-0.2, -0.15) is 0 Å². The zero-order valence-corrected chi connectivity index (χ0v) is 16.7. The van der Waals surface area contributed by atoms with Crippen LogP contribution in [0.3, 0.4) is 0 Å². The van der Waals surface area contributed by atoms with Crippen LogP contribution in [0.15, 0.2) is 60.7 Å². The predicted octanol–water partition coefficient (Wildman–Crippen LogP) is 2.84. The summed E-state index contributed by atoms with van der Waals surface area (Å²) in [6, 6.07) is 18.1. The van der Waals surface area contributed by atoms with Crippen LogP contribution in [0.5, 0.6) is 0 Å². The fraction of sp³-hybridized carbons (Fsp3) is 0.348. The van der Waals surface area contributed by atoms with Gasteiger partial charge in [0.05, 0.1) is 12.5 Å². The average Bonchev–Trinajstić information content (AvgIpc) is 2.73. The standard InChI is InChI=1S/C23H26N2O4/c1-16(2)22(23(28)29-15-17-9-5-3-6-10-17)24-20(26)14-25-19(13-21(25)27)18-11-7-4-8-12-18/h3-12,16,19,22H,13-15H2,1-2H3,(H,24,26)/t19?,22-/m0/s1. The summed E-state index contributed by atoms with van der Waals surface area (Å²) in [6.45, 7) is 3.76. The fourth-order valence-corrected chi connectivity index (χ4v) is 3.32. The van der Waals surface area contributed by atoms with Gasteiger partial charge in [-0.05, 0) is 17.0 Å². The summed E-state index contributed by atoms with van der Waals surface area (Å²) in [5, 5.41) is 2.74. The van der Waals surface area contributed by atoms with E-state index in [9.17, 15) is 14.4 Å². The molecule has 2 aromatic carbocycles. The second kappa shape index (κ2) is 9.37. The Kier molecular flexibility index (Phi) is 6.65. The van der Waals surface area contributed by atoms with E-state index in [0.29, 0.717) is 6.42 Å². The van der Waals surface area contributed by atoms with Crippen molar-refractivity contribution >= 4 is 17.8 Å². The van der Waals surface area contributed by atoms with E-state index in [1.54, 1.807) is 0 Å². The van der Waals surface area contributed by atoms with Crippen molar-refractivity contribution in [2.24, 2.45) is 5.92 Å². The third-order valence-corrected chi connectivity index (χ3v) is 5.02. The van der Waals surface area contributed by atoms with E-state index in [4.69, 9.17) is 4.74 Å². The zero-order valence-electron chi connectivity index (χ0n) is 16.7. The van der Waals surface area contributed by atoms with Crippen LogP contribution in [0.4, 0.5) is 0 Å². The highest BCUT2D eigenvalue weighted by Crippen LogP contribution is 2.33. The lowest BCUT2D eigenvalue weighted by Crippen LogP contribution is -2.54. The van der Waals surface area contributed by atoms with Gasteiger partial charge in [-0.15, -0.1) is 0 Å². The molecule has 1 unspecified atom stereocenters. The summed E-state index contributed by atoms with van der Waals surface area (Å²) in [5.41, 5.74) is 1.88. The minimum Gasteiger partial charge on any atom is -0.459 e. The van der Waals surface area contributed by atoms with Crippen LogP contribution < -0.4 is 5.32 Å². The minimum atomic E-state index is -0.766. The molecule has 0 radical (unpaired) electrons. The lowest BCUT2D eigenvalue weighted by molar-refractivity contribution is -0.153. The van der Waals surface area contributed by atoms with Crippen molar-refractivity contribution in [3.8, 4) is 0 Å². The number of amides is 2. The second-order valence-corrected chi connectivity index (χ2v) is 7.53. The second-order valence-electron chi connectivity index (χ2n) is 7.53. The number of carbonyl (C=O) groups excluding carboxylic acids is 3. The smallest absolute Gasteiger partial charge is 0.329 e. The maximum atomic E-state index is 12.5. The molecule has 6 nitrogen and oxygen atoms in total. The van der Waals surface area contributed by atoms with Gasteiger partial charge in [0.2, 0.25) is 11.8 Å². The molecule has 29 heavy (non-hydrogen) atoms. The van der Waals surface area contributed by atoms with E-state index in [1.807, 2.05) is 74.5 Å². The van der Waals surface area contributed by atoms with Gasteiger partial charge in [-0.1, -0.05) is 74.5 Å². The third-order valence-electron chi connectivity index (χ3n) is 5.02. The first-order chi connectivity index (χ1) is 14.0. The van der Waals surface area contributed by atoms with Crippen LogP contribution in [0.1, 0.15) is 37.4 Å². The van der Waals surface area contributed by atoms with Crippen LogP contribution >= 0.6 is 0 Å². The van der Waals surface area contributed by atoms with Crippen molar-refractivity contribution in [1.29, 1.82) is 0 Å². The molecule has 2 amide bonds. The number of rotatable bonds is 8. The van der Waals surface area contributed by atoms with Gasteiger partial charge in [-0.25, -0.2) is 4.79 Å². The monoisotopic (exact) mass is 394 g/mol. The first kappa shape index (κ1) is 20.6. The highest BCUT2D eigenvalue weighted by Gasteiger charge is 2.38. The topological polar surface area (TPSA) is 75.7 Å². The number of likely N-dealkylation sites (tertiary alicyclic amines) is 1. The van der Waals surface area contributed by atoms with Crippen molar-refractivity contribution < 1.29 is 19.1 Å². The van der Waals surface area contributed by atoms with Gasteiger partial charge < -0.3 is 15.0 Å². The highest BCUT2D eigenvalue weighted by atomic mass is 16.5. The Morgan fingerprint density at radius 2 is 1.69 bits per heavy atom. The molecule has 1 fully saturated rings. The summed E-state index contributed by atoms with van der Waals surface area (Å²) in [6.07, 6.45) is 0.393. The number of esters is 1. The van der Waals surface area contributed by atoms with Gasteiger partial charge in [0.15, 0.2) is 0 Å². The van der Waals surface area contributed by atoms with E-state index >= 15 is 0 Å². The van der Waals surface area contributed by atoms with Crippen molar-refractivity contribution in [1.82, 2.24) is 10.2 Å². The van der Waals surface area contributed by atoms with Crippen molar-refractivity contribution in [3.63, 3.8) is 0 Å². The quantitative estimate of drug-likeness (QED) is 0.552. The first-order valence-electron chi connectivity index (χ1n) is 9.80.